The molecule has 0 unspecified atom stereocenters. The first-order chi connectivity index (χ1) is 10.1. The quantitative estimate of drug-likeness (QED) is 0.817. The van der Waals surface area contributed by atoms with Gasteiger partial charge in [-0.05, 0) is 30.7 Å². The maximum atomic E-state index is 12.3. The number of ether oxygens (including phenoxy) is 1. The molecule has 0 saturated heterocycles. The van der Waals surface area contributed by atoms with Crippen molar-refractivity contribution in [2.24, 2.45) is 0 Å². The zero-order chi connectivity index (χ0) is 15.2. The van der Waals surface area contributed by atoms with Crippen molar-refractivity contribution in [3.63, 3.8) is 0 Å². The summed E-state index contributed by atoms with van der Waals surface area (Å²) in [4.78, 5) is 14.0. The third-order valence-electron chi connectivity index (χ3n) is 3.44. The first-order valence-electron chi connectivity index (χ1n) is 7.01. The summed E-state index contributed by atoms with van der Waals surface area (Å²) in [6.07, 6.45) is 2.15. The normalized spacial score (nSPS) is 10.4. The van der Waals surface area contributed by atoms with Gasteiger partial charge in [-0.2, -0.15) is 5.10 Å². The van der Waals surface area contributed by atoms with E-state index in [0.717, 1.165) is 23.6 Å². The van der Waals surface area contributed by atoms with Crippen molar-refractivity contribution < 1.29 is 9.53 Å². The zero-order valence-electron chi connectivity index (χ0n) is 12.7. The van der Waals surface area contributed by atoms with E-state index in [4.69, 9.17) is 4.74 Å². The number of hydrogen-bond acceptors (Lipinski definition) is 3. The highest BCUT2D eigenvalue weighted by Gasteiger charge is 2.12. The van der Waals surface area contributed by atoms with Crippen molar-refractivity contribution in [3.05, 3.63) is 47.8 Å². The smallest absolute Gasteiger partial charge is 0.227 e. The third kappa shape index (κ3) is 3.84. The Labute approximate surface area is 125 Å². The first-order valence-corrected chi connectivity index (χ1v) is 7.01. The fourth-order valence-corrected chi connectivity index (χ4v) is 2.16. The molecule has 0 N–H and O–H groups in total. The molecule has 0 saturated carbocycles. The molecule has 0 fully saturated rings. The van der Waals surface area contributed by atoms with Crippen LogP contribution < -0.4 is 4.74 Å². The van der Waals surface area contributed by atoms with Gasteiger partial charge < -0.3 is 9.64 Å². The fourth-order valence-electron chi connectivity index (χ4n) is 2.16. The van der Waals surface area contributed by atoms with Crippen LogP contribution in [0.15, 0.2) is 36.5 Å². The van der Waals surface area contributed by atoms with E-state index in [-0.39, 0.29) is 5.91 Å². The molecule has 0 atom stereocenters. The van der Waals surface area contributed by atoms with E-state index < -0.39 is 0 Å². The van der Waals surface area contributed by atoms with Gasteiger partial charge in [-0.25, -0.2) is 0 Å². The van der Waals surface area contributed by atoms with Crippen LogP contribution in [0.5, 0.6) is 5.75 Å². The number of methoxy groups -OCH3 is 1. The molecule has 1 amide bonds. The zero-order valence-corrected chi connectivity index (χ0v) is 12.7. The number of benzene rings is 1. The largest absolute Gasteiger partial charge is 0.497 e. The van der Waals surface area contributed by atoms with Gasteiger partial charge in [-0.1, -0.05) is 12.1 Å². The molecule has 0 spiro atoms. The Morgan fingerprint density at radius 2 is 2.00 bits per heavy atom. The molecule has 5 nitrogen and oxygen atoms in total. The molecule has 0 radical (unpaired) electrons. The van der Waals surface area contributed by atoms with Gasteiger partial charge in [0.05, 0.1) is 25.8 Å². The Hall–Kier alpha value is -2.30. The minimum atomic E-state index is 0.0871. The number of likely N-dealkylation sites (N-methyl/N-ethyl adjacent to an activating group) is 1. The van der Waals surface area contributed by atoms with E-state index in [1.165, 1.54) is 0 Å². The molecule has 0 aliphatic rings. The van der Waals surface area contributed by atoms with Crippen molar-refractivity contribution in [1.29, 1.82) is 0 Å². The average molecular weight is 287 g/mol. The Bertz CT molecular complexity index is 590. The van der Waals surface area contributed by atoms with Gasteiger partial charge in [0, 0.05) is 19.8 Å². The van der Waals surface area contributed by atoms with Gasteiger partial charge >= 0.3 is 0 Å². The van der Waals surface area contributed by atoms with Crippen LogP contribution in [0.4, 0.5) is 0 Å². The van der Waals surface area contributed by atoms with Crippen LogP contribution in [-0.2, 0) is 24.3 Å². The van der Waals surface area contributed by atoms with Crippen molar-refractivity contribution in [2.75, 3.05) is 14.2 Å². The lowest BCUT2D eigenvalue weighted by molar-refractivity contribution is -0.129. The molecule has 112 valence electrons. The van der Waals surface area contributed by atoms with Crippen molar-refractivity contribution in [1.82, 2.24) is 14.7 Å². The second-order valence-corrected chi connectivity index (χ2v) is 4.91. The number of carbonyl (C=O) groups excluding carboxylic acids is 1. The van der Waals surface area contributed by atoms with Gasteiger partial charge in [0.2, 0.25) is 5.91 Å². The van der Waals surface area contributed by atoms with E-state index >= 15 is 0 Å². The van der Waals surface area contributed by atoms with E-state index in [0.29, 0.717) is 13.0 Å². The van der Waals surface area contributed by atoms with Crippen LogP contribution in [0, 0.1) is 0 Å². The van der Waals surface area contributed by atoms with Crippen LogP contribution in [0.25, 0.3) is 0 Å². The standard InChI is InChI=1S/C16H21N3O2/c1-4-19-14(9-10-17-19)12-18(2)16(20)11-13-5-7-15(21-3)8-6-13/h5-10H,4,11-12H2,1-3H3. The summed E-state index contributed by atoms with van der Waals surface area (Å²) in [5, 5.41) is 4.21. The molecule has 5 heteroatoms. The molecule has 2 rings (SSSR count). The number of aromatic nitrogens is 2. The van der Waals surface area contributed by atoms with Crippen LogP contribution >= 0.6 is 0 Å². The Morgan fingerprint density at radius 3 is 2.62 bits per heavy atom. The molecule has 1 heterocycles. The first kappa shape index (κ1) is 15.1. The van der Waals surface area contributed by atoms with Gasteiger partial charge in [0.15, 0.2) is 0 Å². The maximum absolute atomic E-state index is 12.3. The summed E-state index contributed by atoms with van der Waals surface area (Å²) in [5.41, 5.74) is 2.03. The summed E-state index contributed by atoms with van der Waals surface area (Å²) < 4.78 is 7.01. The summed E-state index contributed by atoms with van der Waals surface area (Å²) in [6, 6.07) is 9.52. The number of nitrogens with zero attached hydrogens (tertiary/aromatic N) is 3. The van der Waals surface area contributed by atoms with Gasteiger partial charge in [0.1, 0.15) is 5.75 Å². The predicted molar refractivity (Wildman–Crippen MR) is 81.1 cm³/mol. The Balaban J connectivity index is 1.95. The minimum absolute atomic E-state index is 0.0871. The highest BCUT2D eigenvalue weighted by atomic mass is 16.5. The van der Waals surface area contributed by atoms with Gasteiger partial charge in [-0.15, -0.1) is 0 Å². The summed E-state index contributed by atoms with van der Waals surface area (Å²) >= 11 is 0. The highest BCUT2D eigenvalue weighted by molar-refractivity contribution is 5.78. The summed E-state index contributed by atoms with van der Waals surface area (Å²) in [7, 11) is 3.45. The number of carbonyl (C=O) groups is 1. The lowest BCUT2D eigenvalue weighted by Crippen LogP contribution is -2.28. The Kier molecular flexibility index (Phi) is 4.98. The molecular formula is C16H21N3O2. The molecule has 0 aliphatic carbocycles. The predicted octanol–water partition coefficient (Wildman–Crippen LogP) is 2.11. The molecule has 1 aromatic carbocycles. The lowest BCUT2D eigenvalue weighted by Gasteiger charge is -2.18. The monoisotopic (exact) mass is 287 g/mol. The molecular weight excluding hydrogens is 266 g/mol. The SMILES string of the molecule is CCn1nccc1CN(C)C(=O)Cc1ccc(OC)cc1. The minimum Gasteiger partial charge on any atom is -0.497 e. The Morgan fingerprint density at radius 1 is 1.29 bits per heavy atom. The van der Waals surface area contributed by atoms with Crippen LogP contribution in [0.3, 0.4) is 0 Å². The molecule has 0 bridgehead atoms. The van der Waals surface area contributed by atoms with Crippen LogP contribution in [0.2, 0.25) is 0 Å². The van der Waals surface area contributed by atoms with Gasteiger partial charge in [0.25, 0.3) is 0 Å². The van der Waals surface area contributed by atoms with E-state index in [1.54, 1.807) is 18.2 Å². The van der Waals surface area contributed by atoms with Crippen LogP contribution in [-0.4, -0.2) is 34.7 Å². The van der Waals surface area contributed by atoms with Crippen molar-refractivity contribution >= 4 is 5.91 Å². The lowest BCUT2D eigenvalue weighted by atomic mass is 10.1. The summed E-state index contributed by atoms with van der Waals surface area (Å²) in [5.74, 6) is 0.885. The molecule has 0 aliphatic heterocycles. The fraction of sp³-hybridized carbons (Fsp3) is 0.375. The average Bonchev–Trinajstić information content (AvgIpc) is 2.95. The third-order valence-corrected chi connectivity index (χ3v) is 3.44. The topological polar surface area (TPSA) is 47.4 Å². The van der Waals surface area contributed by atoms with E-state index in [2.05, 4.69) is 5.10 Å². The van der Waals surface area contributed by atoms with Gasteiger partial charge in [-0.3, -0.25) is 9.48 Å². The number of amides is 1. The number of aryl methyl sites for hydroxylation is 1. The second kappa shape index (κ2) is 6.92. The van der Waals surface area contributed by atoms with E-state index in [9.17, 15) is 4.79 Å². The summed E-state index contributed by atoms with van der Waals surface area (Å²) in [6.45, 7) is 3.42. The van der Waals surface area contributed by atoms with Crippen molar-refractivity contribution in [2.45, 2.75) is 26.4 Å². The maximum Gasteiger partial charge on any atom is 0.227 e. The molecule has 2 aromatic rings. The second-order valence-electron chi connectivity index (χ2n) is 4.91. The van der Waals surface area contributed by atoms with Crippen LogP contribution in [0.1, 0.15) is 18.2 Å². The molecule has 21 heavy (non-hydrogen) atoms. The number of rotatable bonds is 6. The van der Waals surface area contributed by atoms with Crippen molar-refractivity contribution in [3.8, 4) is 5.75 Å². The highest BCUT2D eigenvalue weighted by Crippen LogP contribution is 2.13. The molecule has 1 aromatic heterocycles. The van der Waals surface area contributed by atoms with E-state index in [1.807, 2.05) is 49.0 Å². The number of hydrogen-bond donors (Lipinski definition) is 0.